The van der Waals surface area contributed by atoms with E-state index in [0.717, 1.165) is 12.5 Å². The highest BCUT2D eigenvalue weighted by molar-refractivity contribution is 4.73. The highest BCUT2D eigenvalue weighted by Gasteiger charge is 2.16. The Labute approximate surface area is 83.7 Å². The number of hydrogen-bond donors (Lipinski definition) is 1. The molecule has 0 saturated carbocycles. The van der Waals surface area contributed by atoms with Gasteiger partial charge in [-0.05, 0) is 33.7 Å². The molecule has 1 atom stereocenters. The van der Waals surface area contributed by atoms with Crippen LogP contribution in [0, 0.1) is 5.92 Å². The molecule has 0 fully saturated rings. The summed E-state index contributed by atoms with van der Waals surface area (Å²) in [6.45, 7) is 13.7. The minimum atomic E-state index is 0.632. The number of hydrogen-bond acceptors (Lipinski definition) is 2. The number of likely N-dealkylation sites (N-methyl/N-ethyl adjacent to an activating group) is 1. The molecule has 0 rings (SSSR count). The maximum atomic E-state index is 3.23. The fourth-order valence-corrected chi connectivity index (χ4v) is 1.73. The Balaban J connectivity index is 4.07. The molecular weight excluding hydrogens is 160 g/mol. The van der Waals surface area contributed by atoms with Gasteiger partial charge >= 0.3 is 0 Å². The highest BCUT2D eigenvalue weighted by atomic mass is 15.2. The Hall–Kier alpha value is -0.0800. The van der Waals surface area contributed by atoms with E-state index < -0.39 is 0 Å². The smallest absolute Gasteiger partial charge is 0.0195 e. The van der Waals surface area contributed by atoms with Gasteiger partial charge in [-0.3, -0.25) is 4.90 Å². The molecule has 0 amide bonds. The van der Waals surface area contributed by atoms with E-state index in [1.807, 2.05) is 7.05 Å². The summed E-state index contributed by atoms with van der Waals surface area (Å²) < 4.78 is 0. The van der Waals surface area contributed by atoms with E-state index in [4.69, 9.17) is 0 Å². The van der Waals surface area contributed by atoms with Crippen molar-refractivity contribution in [2.24, 2.45) is 5.92 Å². The molecule has 0 bridgehead atoms. The minimum Gasteiger partial charge on any atom is -0.318 e. The second-order valence-electron chi connectivity index (χ2n) is 4.59. The number of nitrogens with one attached hydrogen (secondary N) is 1. The largest absolute Gasteiger partial charge is 0.318 e. The van der Waals surface area contributed by atoms with E-state index in [1.54, 1.807) is 0 Å². The molecule has 0 saturated heterocycles. The van der Waals surface area contributed by atoms with Gasteiger partial charge < -0.3 is 5.32 Å². The third-order valence-electron chi connectivity index (χ3n) is 2.30. The summed E-state index contributed by atoms with van der Waals surface area (Å²) in [6, 6.07) is 1.28. The topological polar surface area (TPSA) is 15.3 Å². The zero-order valence-corrected chi connectivity index (χ0v) is 10.1. The molecule has 0 aliphatic carbocycles. The maximum absolute atomic E-state index is 3.23. The molecule has 0 radical (unpaired) electrons. The molecule has 0 aromatic carbocycles. The molecule has 2 nitrogen and oxygen atoms in total. The maximum Gasteiger partial charge on any atom is 0.0195 e. The van der Waals surface area contributed by atoms with Crippen molar-refractivity contribution in [2.45, 2.75) is 46.7 Å². The average Bonchev–Trinajstić information content (AvgIpc) is 1.99. The van der Waals surface area contributed by atoms with Crippen molar-refractivity contribution in [3.8, 4) is 0 Å². The molecule has 1 N–H and O–H groups in total. The highest BCUT2D eigenvalue weighted by Crippen LogP contribution is 2.08. The third-order valence-corrected chi connectivity index (χ3v) is 2.30. The fraction of sp³-hybridized carbons (Fsp3) is 1.00. The van der Waals surface area contributed by atoms with E-state index >= 15 is 0 Å². The number of nitrogens with zero attached hydrogens (tertiary/aromatic N) is 1. The standard InChI is InChI=1S/C11H26N2/c1-9(2)8-13(10(3)4)11(5)7-12-6/h9-12H,7-8H2,1-6H3. The van der Waals surface area contributed by atoms with Gasteiger partial charge in [0.1, 0.15) is 0 Å². The van der Waals surface area contributed by atoms with Gasteiger partial charge in [-0.15, -0.1) is 0 Å². The Morgan fingerprint density at radius 3 is 1.92 bits per heavy atom. The van der Waals surface area contributed by atoms with Crippen LogP contribution in [0.5, 0.6) is 0 Å². The van der Waals surface area contributed by atoms with Crippen molar-refractivity contribution in [2.75, 3.05) is 20.1 Å². The van der Waals surface area contributed by atoms with Crippen molar-refractivity contribution in [1.82, 2.24) is 10.2 Å². The van der Waals surface area contributed by atoms with Crippen molar-refractivity contribution in [1.29, 1.82) is 0 Å². The molecule has 0 spiro atoms. The van der Waals surface area contributed by atoms with Crippen LogP contribution in [-0.4, -0.2) is 37.1 Å². The lowest BCUT2D eigenvalue weighted by atomic mass is 10.1. The minimum absolute atomic E-state index is 0.632. The molecule has 13 heavy (non-hydrogen) atoms. The zero-order chi connectivity index (χ0) is 10.4. The zero-order valence-electron chi connectivity index (χ0n) is 10.1. The summed E-state index contributed by atoms with van der Waals surface area (Å²) in [7, 11) is 2.02. The summed E-state index contributed by atoms with van der Waals surface area (Å²) in [4.78, 5) is 2.56. The summed E-state index contributed by atoms with van der Waals surface area (Å²) in [5.41, 5.74) is 0. The van der Waals surface area contributed by atoms with Gasteiger partial charge in [0.05, 0.1) is 0 Å². The summed E-state index contributed by atoms with van der Waals surface area (Å²) in [6.07, 6.45) is 0. The first-order chi connectivity index (χ1) is 5.99. The lowest BCUT2D eigenvalue weighted by molar-refractivity contribution is 0.144. The van der Waals surface area contributed by atoms with Gasteiger partial charge in [-0.25, -0.2) is 0 Å². The Morgan fingerprint density at radius 1 is 1.08 bits per heavy atom. The second kappa shape index (κ2) is 6.39. The van der Waals surface area contributed by atoms with Crippen molar-refractivity contribution >= 4 is 0 Å². The van der Waals surface area contributed by atoms with E-state index in [2.05, 4.69) is 44.8 Å². The molecule has 0 aliphatic heterocycles. The molecule has 0 aromatic rings. The van der Waals surface area contributed by atoms with Gasteiger partial charge in [0, 0.05) is 25.2 Å². The van der Waals surface area contributed by atoms with Gasteiger partial charge in [-0.1, -0.05) is 13.8 Å². The molecule has 0 heterocycles. The Kier molecular flexibility index (Phi) is 6.35. The molecule has 1 unspecified atom stereocenters. The molecular formula is C11H26N2. The SMILES string of the molecule is CNCC(C)N(CC(C)C)C(C)C. The number of rotatable bonds is 6. The molecule has 2 heteroatoms. The average molecular weight is 186 g/mol. The van der Waals surface area contributed by atoms with Crippen LogP contribution in [-0.2, 0) is 0 Å². The van der Waals surface area contributed by atoms with Crippen LogP contribution < -0.4 is 5.32 Å². The van der Waals surface area contributed by atoms with E-state index in [-0.39, 0.29) is 0 Å². The Morgan fingerprint density at radius 2 is 1.62 bits per heavy atom. The van der Waals surface area contributed by atoms with Gasteiger partial charge in [0.25, 0.3) is 0 Å². The van der Waals surface area contributed by atoms with Crippen LogP contribution >= 0.6 is 0 Å². The van der Waals surface area contributed by atoms with Gasteiger partial charge in [0.2, 0.25) is 0 Å². The van der Waals surface area contributed by atoms with Crippen LogP contribution in [0.15, 0.2) is 0 Å². The third kappa shape index (κ3) is 5.27. The van der Waals surface area contributed by atoms with Crippen LogP contribution in [0.4, 0.5) is 0 Å². The lowest BCUT2D eigenvalue weighted by Crippen LogP contribution is -2.45. The first-order valence-corrected chi connectivity index (χ1v) is 5.39. The summed E-state index contributed by atoms with van der Waals surface area (Å²) in [5.74, 6) is 0.752. The van der Waals surface area contributed by atoms with E-state index in [9.17, 15) is 0 Å². The van der Waals surface area contributed by atoms with Crippen LogP contribution in [0.2, 0.25) is 0 Å². The van der Waals surface area contributed by atoms with Gasteiger partial charge in [0.15, 0.2) is 0 Å². The molecule has 0 aromatic heterocycles. The van der Waals surface area contributed by atoms with Crippen LogP contribution in [0.3, 0.4) is 0 Å². The van der Waals surface area contributed by atoms with Gasteiger partial charge in [-0.2, -0.15) is 0 Å². The predicted molar refractivity (Wildman–Crippen MR) is 60.1 cm³/mol. The Bertz CT molecular complexity index is 121. The predicted octanol–water partition coefficient (Wildman–Crippen LogP) is 1.96. The summed E-state index contributed by atoms with van der Waals surface area (Å²) in [5, 5.41) is 3.23. The van der Waals surface area contributed by atoms with E-state index in [1.165, 1.54) is 6.54 Å². The first-order valence-electron chi connectivity index (χ1n) is 5.39. The lowest BCUT2D eigenvalue weighted by Gasteiger charge is -2.34. The quantitative estimate of drug-likeness (QED) is 0.682. The molecule has 0 aliphatic rings. The van der Waals surface area contributed by atoms with Crippen molar-refractivity contribution in [3.63, 3.8) is 0 Å². The van der Waals surface area contributed by atoms with Crippen LogP contribution in [0.1, 0.15) is 34.6 Å². The monoisotopic (exact) mass is 186 g/mol. The van der Waals surface area contributed by atoms with Crippen molar-refractivity contribution < 1.29 is 0 Å². The fourth-order valence-electron chi connectivity index (χ4n) is 1.73. The summed E-state index contributed by atoms with van der Waals surface area (Å²) >= 11 is 0. The second-order valence-corrected chi connectivity index (χ2v) is 4.59. The van der Waals surface area contributed by atoms with E-state index in [0.29, 0.717) is 12.1 Å². The normalized spacial score (nSPS) is 14.5. The molecule has 80 valence electrons. The first kappa shape index (κ1) is 12.9. The van der Waals surface area contributed by atoms with Crippen LogP contribution in [0.25, 0.3) is 0 Å². The van der Waals surface area contributed by atoms with Crippen molar-refractivity contribution in [3.05, 3.63) is 0 Å².